The average Bonchev–Trinajstić information content (AvgIpc) is 3.98. The number of hydrogen-bond donors (Lipinski definition) is 2. The number of hydrogen-bond acceptors (Lipinski definition) is 3. The Kier molecular flexibility index (Phi) is 7.14. The summed E-state index contributed by atoms with van der Waals surface area (Å²) in [6, 6.07) is 47.3. The van der Waals surface area contributed by atoms with Gasteiger partial charge in [0.15, 0.2) is 0 Å². The molecule has 1 fully saturated rings. The second-order valence-electron chi connectivity index (χ2n) is 12.6. The van der Waals surface area contributed by atoms with Crippen molar-refractivity contribution in [1.82, 2.24) is 10.3 Å². The Morgan fingerprint density at radius 1 is 0.417 bits per heavy atom. The van der Waals surface area contributed by atoms with Crippen molar-refractivity contribution in [1.29, 1.82) is 0 Å². The molecule has 4 nitrogen and oxygen atoms in total. The van der Waals surface area contributed by atoms with Gasteiger partial charge in [0.25, 0.3) is 0 Å². The van der Waals surface area contributed by atoms with Crippen LogP contribution in [0.3, 0.4) is 0 Å². The molecule has 0 spiro atoms. The first-order valence-electron chi connectivity index (χ1n) is 16.7. The molecular weight excluding hydrogens is 585 g/mol. The fourth-order valence-electron chi connectivity index (χ4n) is 7.57. The molecule has 48 heavy (non-hydrogen) atoms. The summed E-state index contributed by atoms with van der Waals surface area (Å²) in [5.74, 6) is 0. The van der Waals surface area contributed by atoms with Gasteiger partial charge in [-0.3, -0.25) is 0 Å². The molecule has 9 rings (SSSR count). The molecule has 2 N–H and O–H groups in total. The first kappa shape index (κ1) is 28.4. The summed E-state index contributed by atoms with van der Waals surface area (Å²) >= 11 is 0. The molecule has 4 heteroatoms. The topological polar surface area (TPSA) is 52.5 Å². The molecule has 8 bridgehead atoms. The predicted molar refractivity (Wildman–Crippen MR) is 198 cm³/mol. The van der Waals surface area contributed by atoms with E-state index < -0.39 is 0 Å². The van der Waals surface area contributed by atoms with Gasteiger partial charge in [-0.25, -0.2) is 9.98 Å². The molecule has 4 aromatic carbocycles. The number of fused-ring (bicyclic) bond motifs is 6. The maximum atomic E-state index is 5.41. The monoisotopic (exact) mass is 618 g/mol. The van der Waals surface area contributed by atoms with E-state index >= 15 is 0 Å². The highest BCUT2D eigenvalue weighted by Gasteiger charge is 2.34. The SMILES string of the molecule is C1=C/C2=C(\c3ccccc3)C3CCC(N3)/C(c3ccccc3)=C3/C=CC(=N3)/C(c3ccccc3)=c3/cc/c([nH]3)=C(\c3ccccc3)C1=N2. The molecule has 1 aromatic heterocycles. The molecule has 2 atom stereocenters. The lowest BCUT2D eigenvalue weighted by Gasteiger charge is -2.22. The second kappa shape index (κ2) is 12.1. The van der Waals surface area contributed by atoms with Crippen molar-refractivity contribution in [3.8, 4) is 0 Å². The normalized spacial score (nSPS) is 25.3. The maximum absolute atomic E-state index is 5.41. The third-order valence-corrected chi connectivity index (χ3v) is 9.71. The van der Waals surface area contributed by atoms with Crippen molar-refractivity contribution in [2.45, 2.75) is 24.9 Å². The molecule has 0 amide bonds. The number of aromatic amines is 1. The van der Waals surface area contributed by atoms with Gasteiger partial charge in [-0.05, 0) is 71.5 Å². The Morgan fingerprint density at radius 2 is 0.792 bits per heavy atom. The van der Waals surface area contributed by atoms with Crippen LogP contribution in [0.4, 0.5) is 0 Å². The highest BCUT2D eigenvalue weighted by Crippen LogP contribution is 2.38. The van der Waals surface area contributed by atoms with Crippen LogP contribution < -0.4 is 16.0 Å². The molecule has 0 aliphatic carbocycles. The van der Waals surface area contributed by atoms with Crippen LogP contribution in [-0.4, -0.2) is 28.5 Å². The third-order valence-electron chi connectivity index (χ3n) is 9.71. The first-order chi connectivity index (χ1) is 23.8. The van der Waals surface area contributed by atoms with Crippen molar-refractivity contribution >= 4 is 33.7 Å². The van der Waals surface area contributed by atoms with E-state index in [9.17, 15) is 0 Å². The molecule has 2 unspecified atom stereocenters. The van der Waals surface area contributed by atoms with Crippen LogP contribution in [0.1, 0.15) is 35.1 Å². The van der Waals surface area contributed by atoms with E-state index in [1.54, 1.807) is 0 Å². The summed E-state index contributed by atoms with van der Waals surface area (Å²) in [6.07, 6.45) is 10.8. The summed E-state index contributed by atoms with van der Waals surface area (Å²) in [7, 11) is 0. The van der Waals surface area contributed by atoms with Crippen molar-refractivity contribution in [2.75, 3.05) is 0 Å². The third kappa shape index (κ3) is 5.07. The minimum Gasteiger partial charge on any atom is -0.354 e. The van der Waals surface area contributed by atoms with E-state index in [2.05, 4.69) is 168 Å². The van der Waals surface area contributed by atoms with E-state index in [-0.39, 0.29) is 12.1 Å². The van der Waals surface area contributed by atoms with E-state index in [1.807, 2.05) is 0 Å². The van der Waals surface area contributed by atoms with Gasteiger partial charge in [-0.15, -0.1) is 0 Å². The van der Waals surface area contributed by atoms with Gasteiger partial charge in [-0.2, -0.15) is 0 Å². The summed E-state index contributed by atoms with van der Waals surface area (Å²) in [5, 5.41) is 6.12. The largest absolute Gasteiger partial charge is 0.354 e. The van der Waals surface area contributed by atoms with Crippen LogP contribution in [0.2, 0.25) is 0 Å². The van der Waals surface area contributed by atoms with Crippen molar-refractivity contribution in [3.05, 3.63) is 202 Å². The molecule has 5 heterocycles. The quantitative estimate of drug-likeness (QED) is 0.217. The fraction of sp³-hybridized carbons (Fsp3) is 0.0909. The smallest absolute Gasteiger partial charge is 0.0737 e. The summed E-state index contributed by atoms with van der Waals surface area (Å²) in [5.41, 5.74) is 13.2. The minimum atomic E-state index is 0.130. The fourth-order valence-corrected chi connectivity index (χ4v) is 7.57. The second-order valence-corrected chi connectivity index (χ2v) is 12.6. The first-order valence-corrected chi connectivity index (χ1v) is 16.7. The number of nitrogens with zero attached hydrogens (tertiary/aromatic N) is 2. The van der Waals surface area contributed by atoms with Crippen LogP contribution in [0.25, 0.3) is 22.3 Å². The lowest BCUT2D eigenvalue weighted by atomic mass is 9.94. The maximum Gasteiger partial charge on any atom is 0.0737 e. The zero-order valence-corrected chi connectivity index (χ0v) is 26.5. The Morgan fingerprint density at radius 3 is 1.19 bits per heavy atom. The zero-order valence-electron chi connectivity index (χ0n) is 26.5. The van der Waals surface area contributed by atoms with Crippen molar-refractivity contribution < 1.29 is 0 Å². The molecule has 4 aliphatic heterocycles. The number of benzene rings is 4. The van der Waals surface area contributed by atoms with Crippen molar-refractivity contribution in [3.63, 3.8) is 0 Å². The Hall–Kier alpha value is -5.84. The van der Waals surface area contributed by atoms with E-state index in [4.69, 9.17) is 9.98 Å². The zero-order chi connectivity index (χ0) is 31.9. The minimum absolute atomic E-state index is 0.130. The van der Waals surface area contributed by atoms with E-state index in [1.165, 1.54) is 22.3 Å². The molecule has 4 aliphatic rings. The van der Waals surface area contributed by atoms with Gasteiger partial charge >= 0.3 is 0 Å². The van der Waals surface area contributed by atoms with Gasteiger partial charge in [0.05, 0.1) is 22.8 Å². The number of aromatic nitrogens is 1. The van der Waals surface area contributed by atoms with E-state index in [0.29, 0.717) is 0 Å². The number of aliphatic imine (C=N–C) groups is 2. The summed E-state index contributed by atoms with van der Waals surface area (Å²) < 4.78 is 0. The summed E-state index contributed by atoms with van der Waals surface area (Å²) in [4.78, 5) is 14.7. The lowest BCUT2D eigenvalue weighted by molar-refractivity contribution is 0.687. The number of H-pyrrole nitrogens is 1. The van der Waals surface area contributed by atoms with E-state index in [0.717, 1.165) is 68.6 Å². The predicted octanol–water partition coefficient (Wildman–Crippen LogP) is 7.39. The molecule has 0 radical (unpaired) electrons. The van der Waals surface area contributed by atoms with Crippen LogP contribution in [0.5, 0.6) is 0 Å². The molecule has 5 aromatic rings. The molecule has 230 valence electrons. The van der Waals surface area contributed by atoms with Gasteiger partial charge in [0, 0.05) is 45.1 Å². The summed E-state index contributed by atoms with van der Waals surface area (Å²) in [6.45, 7) is 0. The van der Waals surface area contributed by atoms with Crippen LogP contribution >= 0.6 is 0 Å². The standard InChI is InChI=1S/C44H34N4/c1-5-13-29(14-6-1)41-33-21-23-35(45-33)42(30-15-7-2-8-16-30)37-25-27-39(47-37)44(32-19-11-4-12-20-32)40-28-26-38(48-40)43(31-17-9-3-10-18-31)36-24-22-34(41)46-36/h1-25,27,38,40,45,48H,26,28H2/b41-33-,42-35-,43-36-,44-39-. The highest BCUT2D eigenvalue weighted by molar-refractivity contribution is 6.31. The average molecular weight is 619 g/mol. The highest BCUT2D eigenvalue weighted by atomic mass is 15.0. The Labute approximate surface area is 280 Å². The van der Waals surface area contributed by atoms with Crippen LogP contribution in [0, 0.1) is 0 Å². The van der Waals surface area contributed by atoms with Gasteiger partial charge < -0.3 is 10.3 Å². The molecule has 1 saturated heterocycles. The van der Waals surface area contributed by atoms with Crippen LogP contribution in [0.15, 0.2) is 179 Å². The lowest BCUT2D eigenvalue weighted by Crippen LogP contribution is -2.32. The van der Waals surface area contributed by atoms with Crippen LogP contribution in [-0.2, 0) is 0 Å². The number of rotatable bonds is 4. The molecular formula is C44H34N4. The Bertz CT molecular complexity index is 2170. The number of nitrogens with one attached hydrogen (secondary N) is 2. The van der Waals surface area contributed by atoms with Gasteiger partial charge in [0.1, 0.15) is 0 Å². The van der Waals surface area contributed by atoms with Gasteiger partial charge in [-0.1, -0.05) is 121 Å². The molecule has 0 saturated carbocycles. The Balaban J connectivity index is 1.37. The number of allylic oxidation sites excluding steroid dienone is 4. The van der Waals surface area contributed by atoms with Crippen molar-refractivity contribution in [2.24, 2.45) is 9.98 Å². The van der Waals surface area contributed by atoms with Gasteiger partial charge in [0.2, 0.25) is 0 Å².